The number of para-hydroxylation sites is 1. The molecule has 122 valence electrons. The Labute approximate surface area is 137 Å². The van der Waals surface area contributed by atoms with Crippen LogP contribution in [-0.4, -0.2) is 12.6 Å². The van der Waals surface area contributed by atoms with Crippen molar-refractivity contribution in [3.8, 4) is 0 Å². The van der Waals surface area contributed by atoms with Crippen LogP contribution in [0.4, 0.5) is 5.69 Å². The number of hydrogen-bond donors (Lipinski definition) is 0. The van der Waals surface area contributed by atoms with Gasteiger partial charge in [0.05, 0.1) is 0 Å². The number of likely N-dealkylation sites (N-methyl/N-ethyl adjacent to an activating group) is 1. The van der Waals surface area contributed by atoms with Crippen LogP contribution in [0.5, 0.6) is 0 Å². The van der Waals surface area contributed by atoms with Crippen molar-refractivity contribution in [1.29, 1.82) is 0 Å². The summed E-state index contributed by atoms with van der Waals surface area (Å²) in [6.07, 6.45) is 2.49. The second-order valence-corrected chi connectivity index (χ2v) is 8.07. The summed E-state index contributed by atoms with van der Waals surface area (Å²) in [5.74, 6) is 4.24. The van der Waals surface area contributed by atoms with Crippen molar-refractivity contribution < 1.29 is 0 Å². The van der Waals surface area contributed by atoms with Crippen molar-refractivity contribution in [3.63, 3.8) is 0 Å². The molecule has 0 N–H and O–H groups in total. The molecule has 1 aliphatic heterocycles. The molecule has 1 aromatic carbocycles. The van der Waals surface area contributed by atoms with Gasteiger partial charge in [-0.1, -0.05) is 45.9 Å². The van der Waals surface area contributed by atoms with Gasteiger partial charge in [-0.15, -0.1) is 0 Å². The van der Waals surface area contributed by atoms with Crippen molar-refractivity contribution >= 4 is 5.69 Å². The molecule has 1 heteroatoms. The smallest absolute Gasteiger partial charge is 0.0434 e. The van der Waals surface area contributed by atoms with Gasteiger partial charge in [-0.2, -0.15) is 0 Å². The fourth-order valence-electron chi connectivity index (χ4n) is 5.30. The molecule has 1 heterocycles. The van der Waals surface area contributed by atoms with Crippen molar-refractivity contribution in [1.82, 2.24) is 0 Å². The molecule has 5 unspecified atom stereocenters. The second kappa shape index (κ2) is 5.91. The molecule has 0 radical (unpaired) electrons. The van der Waals surface area contributed by atoms with E-state index in [4.69, 9.17) is 0 Å². The molecule has 5 atom stereocenters. The molecule has 0 saturated heterocycles. The lowest BCUT2D eigenvalue weighted by Crippen LogP contribution is -2.29. The van der Waals surface area contributed by atoms with E-state index in [1.165, 1.54) is 12.8 Å². The first kappa shape index (κ1) is 15.9. The molecule has 1 aromatic rings. The Kier molecular flexibility index (Phi) is 4.27. The first-order valence-corrected chi connectivity index (χ1v) is 9.33. The number of nitrogens with zero attached hydrogens (tertiary/aromatic N) is 1. The normalized spacial score (nSPS) is 37.6. The van der Waals surface area contributed by atoms with Gasteiger partial charge in [-0.05, 0) is 67.4 Å². The molecular formula is C21H33N. The predicted octanol–water partition coefficient (Wildman–Crippen LogP) is 5.17. The maximum Gasteiger partial charge on any atom is 0.0434 e. The molecule has 0 aromatic heterocycles. The summed E-state index contributed by atoms with van der Waals surface area (Å²) >= 11 is 0. The Morgan fingerprint density at radius 3 is 2.18 bits per heavy atom. The highest BCUT2D eigenvalue weighted by Gasteiger charge is 2.41. The van der Waals surface area contributed by atoms with Crippen LogP contribution in [0, 0.1) is 29.6 Å². The summed E-state index contributed by atoms with van der Waals surface area (Å²) in [6, 6.07) is 7.69. The van der Waals surface area contributed by atoms with Crippen molar-refractivity contribution in [2.75, 3.05) is 11.4 Å². The molecule has 0 amide bonds. The zero-order valence-electron chi connectivity index (χ0n) is 15.3. The van der Waals surface area contributed by atoms with Gasteiger partial charge in [-0.3, -0.25) is 0 Å². The molecular weight excluding hydrogens is 266 g/mol. The van der Waals surface area contributed by atoms with E-state index in [-0.39, 0.29) is 0 Å². The lowest BCUT2D eigenvalue weighted by atomic mass is 9.83. The topological polar surface area (TPSA) is 3.24 Å². The number of fused-ring (bicyclic) bond motifs is 1. The number of anilines is 1. The average molecular weight is 300 g/mol. The highest BCUT2D eigenvalue weighted by molar-refractivity contribution is 5.64. The van der Waals surface area contributed by atoms with E-state index in [9.17, 15) is 0 Å². The molecule has 0 bridgehead atoms. The minimum atomic E-state index is 0.664. The molecule has 22 heavy (non-hydrogen) atoms. The van der Waals surface area contributed by atoms with Crippen LogP contribution in [0.15, 0.2) is 18.2 Å². The molecule has 3 rings (SSSR count). The second-order valence-electron chi connectivity index (χ2n) is 8.07. The molecule has 2 aliphatic rings. The largest absolute Gasteiger partial charge is 0.368 e. The van der Waals surface area contributed by atoms with Gasteiger partial charge in [0, 0.05) is 18.3 Å². The van der Waals surface area contributed by atoms with Crippen LogP contribution in [0.2, 0.25) is 0 Å². The molecule has 1 saturated carbocycles. The standard InChI is InChI=1S/C21H33N/c1-7-22-13(2)11-18-9-8-10-19(21(18)22)12-20-16(5)14(3)15(4)17(20)6/h8-10,13-17,20H,7,11-12H2,1-6H3. The first-order valence-electron chi connectivity index (χ1n) is 9.33. The summed E-state index contributed by atoms with van der Waals surface area (Å²) in [5.41, 5.74) is 4.75. The highest BCUT2D eigenvalue weighted by atomic mass is 15.2. The van der Waals surface area contributed by atoms with E-state index in [2.05, 4.69) is 64.6 Å². The van der Waals surface area contributed by atoms with Gasteiger partial charge < -0.3 is 4.90 Å². The predicted molar refractivity (Wildman–Crippen MR) is 96.5 cm³/mol. The minimum Gasteiger partial charge on any atom is -0.368 e. The summed E-state index contributed by atoms with van der Waals surface area (Å²) < 4.78 is 0. The average Bonchev–Trinajstić information content (AvgIpc) is 2.92. The summed E-state index contributed by atoms with van der Waals surface area (Å²) in [6.45, 7) is 15.7. The van der Waals surface area contributed by atoms with Crippen molar-refractivity contribution in [2.24, 2.45) is 29.6 Å². The number of hydrogen-bond acceptors (Lipinski definition) is 1. The van der Waals surface area contributed by atoms with Crippen LogP contribution in [0.3, 0.4) is 0 Å². The summed E-state index contributed by atoms with van der Waals surface area (Å²) in [4.78, 5) is 2.63. The van der Waals surface area contributed by atoms with Crippen molar-refractivity contribution in [3.05, 3.63) is 29.3 Å². The van der Waals surface area contributed by atoms with Crippen LogP contribution >= 0.6 is 0 Å². The first-order chi connectivity index (χ1) is 10.5. The summed E-state index contributed by atoms with van der Waals surface area (Å²) in [5, 5.41) is 0. The Balaban J connectivity index is 1.90. The van der Waals surface area contributed by atoms with Crippen LogP contribution in [0.25, 0.3) is 0 Å². The van der Waals surface area contributed by atoms with Gasteiger partial charge in [0.25, 0.3) is 0 Å². The van der Waals surface area contributed by atoms with E-state index in [1.54, 1.807) is 16.8 Å². The van der Waals surface area contributed by atoms with Crippen LogP contribution in [0.1, 0.15) is 52.7 Å². The Morgan fingerprint density at radius 2 is 1.59 bits per heavy atom. The SMILES string of the molecule is CCN1c2c(CC3C(C)C(C)C(C)C3C)cccc2CC1C. The minimum absolute atomic E-state index is 0.664. The van der Waals surface area contributed by atoms with E-state index in [0.29, 0.717) is 6.04 Å². The van der Waals surface area contributed by atoms with E-state index >= 15 is 0 Å². The number of benzene rings is 1. The van der Waals surface area contributed by atoms with E-state index < -0.39 is 0 Å². The van der Waals surface area contributed by atoms with E-state index in [1.807, 2.05) is 0 Å². The molecule has 1 nitrogen and oxygen atoms in total. The van der Waals surface area contributed by atoms with Crippen molar-refractivity contribution in [2.45, 2.75) is 60.4 Å². The fourth-order valence-corrected chi connectivity index (χ4v) is 5.30. The zero-order valence-corrected chi connectivity index (χ0v) is 15.3. The van der Waals surface area contributed by atoms with Crippen LogP contribution in [-0.2, 0) is 12.8 Å². The Morgan fingerprint density at radius 1 is 0.955 bits per heavy atom. The third kappa shape index (κ3) is 2.37. The maximum absolute atomic E-state index is 2.63. The molecule has 0 spiro atoms. The van der Waals surface area contributed by atoms with Crippen LogP contribution < -0.4 is 4.90 Å². The molecule has 1 aliphatic carbocycles. The fraction of sp³-hybridized carbons (Fsp3) is 0.714. The zero-order chi connectivity index (χ0) is 16.0. The van der Waals surface area contributed by atoms with Gasteiger partial charge in [0.2, 0.25) is 0 Å². The van der Waals surface area contributed by atoms with Gasteiger partial charge in [0.15, 0.2) is 0 Å². The lowest BCUT2D eigenvalue weighted by molar-refractivity contribution is 0.319. The van der Waals surface area contributed by atoms with Gasteiger partial charge in [-0.25, -0.2) is 0 Å². The monoisotopic (exact) mass is 299 g/mol. The summed E-state index contributed by atoms with van der Waals surface area (Å²) in [7, 11) is 0. The Bertz CT molecular complexity index is 521. The number of rotatable bonds is 3. The molecule has 1 fully saturated rings. The quantitative estimate of drug-likeness (QED) is 0.744. The lowest BCUT2D eigenvalue weighted by Gasteiger charge is -2.28. The third-order valence-corrected chi connectivity index (χ3v) is 7.17. The van der Waals surface area contributed by atoms with E-state index in [0.717, 1.165) is 36.1 Å². The van der Waals surface area contributed by atoms with Gasteiger partial charge >= 0.3 is 0 Å². The third-order valence-electron chi connectivity index (χ3n) is 7.17. The highest BCUT2D eigenvalue weighted by Crippen LogP contribution is 2.48. The van der Waals surface area contributed by atoms with Gasteiger partial charge in [0.1, 0.15) is 0 Å². The maximum atomic E-state index is 2.63. The Hall–Kier alpha value is -0.980.